The molecule has 0 aliphatic carbocycles. The smallest absolute Gasteiger partial charge is 0.257 e. The Bertz CT molecular complexity index is 916. The lowest BCUT2D eigenvalue weighted by Crippen LogP contribution is -2.54. The minimum absolute atomic E-state index is 0.0563. The molecule has 1 spiro atoms. The molecule has 2 aromatic heterocycles. The quantitative estimate of drug-likeness (QED) is 0.750. The summed E-state index contributed by atoms with van der Waals surface area (Å²) in [6.45, 7) is 17.6. The van der Waals surface area contributed by atoms with Gasteiger partial charge in [-0.1, -0.05) is 13.8 Å². The van der Waals surface area contributed by atoms with E-state index < -0.39 is 0 Å². The zero-order chi connectivity index (χ0) is 21.6. The molecule has 164 valence electrons. The number of hydrogen-bond acceptors (Lipinski definition) is 4. The highest BCUT2D eigenvalue weighted by Gasteiger charge is 2.46. The van der Waals surface area contributed by atoms with Crippen LogP contribution in [0.3, 0.4) is 0 Å². The van der Waals surface area contributed by atoms with Crippen molar-refractivity contribution in [1.82, 2.24) is 19.4 Å². The second kappa shape index (κ2) is 7.88. The molecule has 6 heteroatoms. The first-order valence-electron chi connectivity index (χ1n) is 11.4. The minimum atomic E-state index is -0.0563. The summed E-state index contributed by atoms with van der Waals surface area (Å²) in [6.07, 6.45) is 3.71. The second-order valence-corrected chi connectivity index (χ2v) is 9.94. The first-order chi connectivity index (χ1) is 14.2. The van der Waals surface area contributed by atoms with E-state index in [0.29, 0.717) is 29.8 Å². The van der Waals surface area contributed by atoms with Crippen LogP contribution < -0.4 is 0 Å². The highest BCUT2D eigenvalue weighted by molar-refractivity contribution is 5.95. The van der Waals surface area contributed by atoms with Crippen LogP contribution in [0, 0.1) is 19.8 Å². The van der Waals surface area contributed by atoms with Gasteiger partial charge in [-0.05, 0) is 65.6 Å². The Balaban J connectivity index is 1.71. The Morgan fingerprint density at radius 2 is 1.90 bits per heavy atom. The van der Waals surface area contributed by atoms with Gasteiger partial charge in [0, 0.05) is 24.5 Å². The van der Waals surface area contributed by atoms with E-state index in [4.69, 9.17) is 9.40 Å². The van der Waals surface area contributed by atoms with Crippen molar-refractivity contribution in [2.45, 2.75) is 72.4 Å². The van der Waals surface area contributed by atoms with Crippen molar-refractivity contribution in [2.24, 2.45) is 5.92 Å². The molecule has 30 heavy (non-hydrogen) atoms. The third-order valence-corrected chi connectivity index (χ3v) is 6.85. The molecule has 0 atom stereocenters. The summed E-state index contributed by atoms with van der Waals surface area (Å²) >= 11 is 0. The van der Waals surface area contributed by atoms with Gasteiger partial charge in [-0.3, -0.25) is 4.79 Å². The van der Waals surface area contributed by atoms with Crippen LogP contribution in [-0.2, 0) is 12.0 Å². The van der Waals surface area contributed by atoms with Crippen LogP contribution in [0.25, 0.3) is 0 Å². The molecule has 2 aliphatic rings. The van der Waals surface area contributed by atoms with E-state index in [1.165, 1.54) is 11.4 Å². The third-order valence-electron chi connectivity index (χ3n) is 6.85. The van der Waals surface area contributed by atoms with E-state index in [9.17, 15) is 4.79 Å². The number of rotatable bonds is 4. The van der Waals surface area contributed by atoms with Gasteiger partial charge >= 0.3 is 0 Å². The Hall–Kier alpha value is -2.08. The van der Waals surface area contributed by atoms with E-state index in [1.807, 2.05) is 11.8 Å². The van der Waals surface area contributed by atoms with Gasteiger partial charge in [0.25, 0.3) is 5.91 Å². The van der Waals surface area contributed by atoms with Gasteiger partial charge < -0.3 is 18.8 Å². The standard InChI is InChI=1S/C24H36N4O2/c1-16(2)13-26-10-8-24(9-11-26)15-27(23(29)20-7-12-30-18(20)5)14-21-22(24)25-19(6)28(21)17(3)4/h7,12,16-17H,8-11,13-15H2,1-6H3. The van der Waals surface area contributed by atoms with E-state index in [0.717, 1.165) is 44.8 Å². The van der Waals surface area contributed by atoms with E-state index >= 15 is 0 Å². The van der Waals surface area contributed by atoms with Crippen molar-refractivity contribution >= 4 is 5.91 Å². The molecule has 1 saturated heterocycles. The van der Waals surface area contributed by atoms with Crippen LogP contribution in [0.5, 0.6) is 0 Å². The number of likely N-dealkylation sites (tertiary alicyclic amines) is 1. The van der Waals surface area contributed by atoms with Crippen LogP contribution in [0.1, 0.15) is 79.9 Å². The second-order valence-electron chi connectivity index (χ2n) is 9.94. The third kappa shape index (κ3) is 3.59. The van der Waals surface area contributed by atoms with Crippen LogP contribution in [0.15, 0.2) is 16.7 Å². The summed E-state index contributed by atoms with van der Waals surface area (Å²) in [7, 11) is 0. The largest absolute Gasteiger partial charge is 0.469 e. The summed E-state index contributed by atoms with van der Waals surface area (Å²) in [5.74, 6) is 2.50. The fourth-order valence-corrected chi connectivity index (χ4v) is 5.52. The topological polar surface area (TPSA) is 54.5 Å². The molecule has 2 aliphatic heterocycles. The summed E-state index contributed by atoms with van der Waals surface area (Å²) < 4.78 is 7.76. The maximum atomic E-state index is 13.4. The average Bonchev–Trinajstić information content (AvgIpc) is 3.25. The van der Waals surface area contributed by atoms with Crippen molar-refractivity contribution < 1.29 is 9.21 Å². The molecule has 0 unspecified atom stereocenters. The van der Waals surface area contributed by atoms with E-state index in [1.54, 1.807) is 12.3 Å². The molecular weight excluding hydrogens is 376 g/mol. The van der Waals surface area contributed by atoms with Gasteiger partial charge in [0.15, 0.2) is 0 Å². The van der Waals surface area contributed by atoms with Crippen molar-refractivity contribution in [1.29, 1.82) is 0 Å². The molecule has 6 nitrogen and oxygen atoms in total. The highest BCUT2D eigenvalue weighted by Crippen LogP contribution is 2.43. The predicted molar refractivity (Wildman–Crippen MR) is 118 cm³/mol. The normalized spacial score (nSPS) is 19.1. The number of amides is 1. The lowest BCUT2D eigenvalue weighted by molar-refractivity contribution is 0.0550. The monoisotopic (exact) mass is 412 g/mol. The maximum absolute atomic E-state index is 13.4. The fourth-order valence-electron chi connectivity index (χ4n) is 5.52. The van der Waals surface area contributed by atoms with Gasteiger partial charge in [0.2, 0.25) is 0 Å². The number of imidazole rings is 1. The van der Waals surface area contributed by atoms with E-state index in [2.05, 4.69) is 44.1 Å². The molecule has 0 aromatic carbocycles. The number of carbonyl (C=O) groups excluding carboxylic acids is 1. The minimum Gasteiger partial charge on any atom is -0.469 e. The van der Waals surface area contributed by atoms with Crippen LogP contribution >= 0.6 is 0 Å². The first kappa shape index (κ1) is 21.2. The summed E-state index contributed by atoms with van der Waals surface area (Å²) in [4.78, 5) is 23.2. The first-order valence-corrected chi connectivity index (χ1v) is 11.4. The molecule has 4 heterocycles. The lowest BCUT2D eigenvalue weighted by Gasteiger charge is -2.47. The number of aromatic nitrogens is 2. The molecule has 1 amide bonds. The average molecular weight is 413 g/mol. The predicted octanol–water partition coefficient (Wildman–Crippen LogP) is 4.32. The number of fused-ring (bicyclic) bond motifs is 2. The Morgan fingerprint density at radius 1 is 1.20 bits per heavy atom. The molecule has 4 rings (SSSR count). The van der Waals surface area contributed by atoms with Crippen LogP contribution in [-0.4, -0.2) is 51.4 Å². The lowest BCUT2D eigenvalue weighted by atomic mass is 9.72. The SMILES string of the molecule is Cc1occc1C(=O)N1Cc2c(nc(C)n2C(C)C)C2(CCN(CC(C)C)CC2)C1. The highest BCUT2D eigenvalue weighted by atomic mass is 16.3. The zero-order valence-electron chi connectivity index (χ0n) is 19.4. The number of carbonyl (C=O) groups is 1. The molecule has 0 radical (unpaired) electrons. The molecule has 0 saturated carbocycles. The zero-order valence-corrected chi connectivity index (χ0v) is 19.4. The Kier molecular flexibility index (Phi) is 5.56. The Labute approximate surface area is 180 Å². The summed E-state index contributed by atoms with van der Waals surface area (Å²) in [5, 5.41) is 0. The van der Waals surface area contributed by atoms with Crippen molar-refractivity contribution in [3.63, 3.8) is 0 Å². The number of aryl methyl sites for hydroxylation is 2. The van der Waals surface area contributed by atoms with Crippen molar-refractivity contribution in [3.05, 3.63) is 40.9 Å². The fraction of sp³-hybridized carbons (Fsp3) is 0.667. The molecule has 2 aromatic rings. The molecule has 1 fully saturated rings. The van der Waals surface area contributed by atoms with Crippen molar-refractivity contribution in [2.75, 3.05) is 26.2 Å². The summed E-state index contributed by atoms with van der Waals surface area (Å²) in [5.41, 5.74) is 3.09. The van der Waals surface area contributed by atoms with Gasteiger partial charge in [0.05, 0.1) is 29.8 Å². The van der Waals surface area contributed by atoms with Gasteiger partial charge in [0.1, 0.15) is 11.6 Å². The Morgan fingerprint density at radius 3 is 2.47 bits per heavy atom. The van der Waals surface area contributed by atoms with Gasteiger partial charge in [-0.25, -0.2) is 4.98 Å². The van der Waals surface area contributed by atoms with Gasteiger partial charge in [-0.2, -0.15) is 0 Å². The number of hydrogen-bond donors (Lipinski definition) is 0. The number of nitrogens with zero attached hydrogens (tertiary/aromatic N) is 4. The van der Waals surface area contributed by atoms with E-state index in [-0.39, 0.29) is 11.3 Å². The summed E-state index contributed by atoms with van der Waals surface area (Å²) in [6, 6.07) is 2.13. The molecular formula is C24H36N4O2. The maximum Gasteiger partial charge on any atom is 0.257 e. The number of piperidine rings is 1. The van der Waals surface area contributed by atoms with Crippen LogP contribution in [0.2, 0.25) is 0 Å². The van der Waals surface area contributed by atoms with Crippen LogP contribution in [0.4, 0.5) is 0 Å². The van der Waals surface area contributed by atoms with Crippen molar-refractivity contribution in [3.8, 4) is 0 Å². The molecule has 0 bridgehead atoms. The molecule has 0 N–H and O–H groups in total. The number of furan rings is 1. The van der Waals surface area contributed by atoms with Gasteiger partial charge in [-0.15, -0.1) is 0 Å².